The second-order valence-corrected chi connectivity index (χ2v) is 31.1. The molecular weight excluding hydrogens is 1090 g/mol. The van der Waals surface area contributed by atoms with Gasteiger partial charge in [-0.05, 0) is 200 Å². The van der Waals surface area contributed by atoms with Crippen molar-refractivity contribution in [1.29, 1.82) is 0 Å². The molecular formula is C75H124O12. The quantitative estimate of drug-likeness (QED) is 0.0728. The summed E-state index contributed by atoms with van der Waals surface area (Å²) >= 11 is 0. The van der Waals surface area contributed by atoms with Gasteiger partial charge in [-0.15, -0.1) is 0 Å². The Kier molecular flexibility index (Phi) is 31.0. The van der Waals surface area contributed by atoms with Crippen LogP contribution in [0.3, 0.4) is 0 Å². The minimum absolute atomic E-state index is 0.0444. The molecule has 0 radical (unpaired) electrons. The molecule has 11 unspecified atom stereocenters. The van der Waals surface area contributed by atoms with Crippen molar-refractivity contribution < 1.29 is 57.2 Å². The van der Waals surface area contributed by atoms with Crippen LogP contribution < -0.4 is 0 Å². The summed E-state index contributed by atoms with van der Waals surface area (Å²) in [6.07, 6.45) is 21.5. The highest BCUT2D eigenvalue weighted by atomic mass is 16.6. The highest BCUT2D eigenvalue weighted by Crippen LogP contribution is 2.66. The molecule has 7 saturated carbocycles. The second kappa shape index (κ2) is 34.5. The number of carbonyl (C=O) groups excluding carboxylic acids is 6. The van der Waals surface area contributed by atoms with Gasteiger partial charge in [0.25, 0.3) is 0 Å². The molecule has 496 valence electrons. The molecule has 7 aliphatic rings. The van der Waals surface area contributed by atoms with Crippen molar-refractivity contribution in [2.75, 3.05) is 13.2 Å². The second-order valence-electron chi connectivity index (χ2n) is 31.1. The Morgan fingerprint density at radius 3 is 1.43 bits per heavy atom. The average Bonchev–Trinajstić information content (AvgIpc) is 1.58. The third-order valence-electron chi connectivity index (χ3n) is 19.9. The first-order valence-corrected chi connectivity index (χ1v) is 33.1. The number of hydrogen-bond donors (Lipinski definition) is 0. The van der Waals surface area contributed by atoms with E-state index in [2.05, 4.69) is 123 Å². The number of fused-ring (bicyclic) bond motifs is 7. The maximum atomic E-state index is 11.6. The van der Waals surface area contributed by atoms with Gasteiger partial charge in [0.2, 0.25) is 0 Å². The lowest BCUT2D eigenvalue weighted by atomic mass is 9.64. The van der Waals surface area contributed by atoms with E-state index in [4.69, 9.17) is 28.4 Å². The lowest BCUT2D eigenvalue weighted by Crippen LogP contribution is -2.38. The molecule has 7 rings (SSSR count). The maximum absolute atomic E-state index is 11.6. The molecule has 0 aliphatic heterocycles. The smallest absolute Gasteiger partial charge is 0.333 e. The van der Waals surface area contributed by atoms with E-state index in [1.54, 1.807) is 41.5 Å². The fourth-order valence-electron chi connectivity index (χ4n) is 14.6. The first-order chi connectivity index (χ1) is 40.0. The van der Waals surface area contributed by atoms with E-state index in [0.29, 0.717) is 87.1 Å². The molecule has 0 aromatic heterocycles. The predicted molar refractivity (Wildman–Crippen MR) is 353 cm³/mol. The molecule has 4 bridgehead atoms. The minimum atomic E-state index is -0.297. The SMILES string of the molecule is C=C(C)C(=O)OC1CC(C)(C)CC(C)(C)C1.C=C(C)C(=O)OC1CC(C)(C)CCC1C.C=C(C)C(=O)OC1CC2CC1C1CCCC21.C=C(C)C(=O)OC1CC2CCC1(C)C2(C)C.C=C(C)C(=O)OCC(C)C.C=C(C)C(=O)OCC(CC)CCCC. The van der Waals surface area contributed by atoms with E-state index in [0.717, 1.165) is 69.1 Å². The first-order valence-electron chi connectivity index (χ1n) is 33.1. The summed E-state index contributed by atoms with van der Waals surface area (Å²) in [4.78, 5) is 68.0. The van der Waals surface area contributed by atoms with Gasteiger partial charge in [0, 0.05) is 38.9 Å². The van der Waals surface area contributed by atoms with Crippen LogP contribution >= 0.6 is 0 Å². The lowest BCUT2D eigenvalue weighted by Gasteiger charge is -2.44. The van der Waals surface area contributed by atoms with Gasteiger partial charge in [0.1, 0.15) is 24.4 Å². The van der Waals surface area contributed by atoms with E-state index in [9.17, 15) is 28.8 Å². The van der Waals surface area contributed by atoms with Gasteiger partial charge >= 0.3 is 35.8 Å². The molecule has 12 nitrogen and oxygen atoms in total. The summed E-state index contributed by atoms with van der Waals surface area (Å²) in [5.74, 6) is 3.95. The lowest BCUT2D eigenvalue weighted by molar-refractivity contribution is -0.152. The Bertz CT molecular complexity index is 2380. The number of ether oxygens (including phenoxy) is 6. The summed E-state index contributed by atoms with van der Waals surface area (Å²) in [7, 11) is 0. The average molecular weight is 1220 g/mol. The third-order valence-corrected chi connectivity index (χ3v) is 19.9. The molecule has 0 saturated heterocycles. The monoisotopic (exact) mass is 1220 g/mol. The van der Waals surface area contributed by atoms with Crippen LogP contribution in [-0.4, -0.2) is 73.4 Å². The maximum Gasteiger partial charge on any atom is 0.333 e. The number of hydrogen-bond acceptors (Lipinski definition) is 12. The molecule has 12 heteroatoms. The van der Waals surface area contributed by atoms with Crippen LogP contribution in [0.4, 0.5) is 0 Å². The number of rotatable bonds is 18. The predicted octanol–water partition coefficient (Wildman–Crippen LogP) is 18.4. The highest BCUT2D eigenvalue weighted by molar-refractivity contribution is 5.89. The van der Waals surface area contributed by atoms with Gasteiger partial charge in [0.15, 0.2) is 0 Å². The first kappa shape index (κ1) is 78.4. The van der Waals surface area contributed by atoms with Crippen molar-refractivity contribution in [3.05, 3.63) is 72.9 Å². The Morgan fingerprint density at radius 2 is 0.977 bits per heavy atom. The van der Waals surface area contributed by atoms with Crippen LogP contribution in [-0.2, 0) is 57.2 Å². The van der Waals surface area contributed by atoms with E-state index in [-0.39, 0.29) is 76.5 Å². The van der Waals surface area contributed by atoms with Crippen molar-refractivity contribution in [2.24, 2.45) is 74.4 Å². The minimum Gasteiger partial charge on any atom is -0.462 e. The standard InChI is InChI=1S/C14H20O2.C14H22O2.C14H24O2.C13H22O2.C12H22O2.C8H14O2/c1-8(2)14(15)16-13-7-9-6-12(13)11-5-3-4-10(9)11;1-9(2)12(15)16-11-8-10-6-7-14(11,5)13(10,3)4;1-10(2)12(15)16-11-7-13(3,4)9-14(5,6)8-11;1-9(2)12(14)15-11-8-13(4,5)7-6-10(11)3;1-5-7-8-11(6-2)9-14-12(13)10(3)4;1-6(2)5-10-8(9)7(3)4/h9-13H,1,3-7H2,2H3;10-11H,1,6-8H2,2-5H3;11H,1,7-9H2,2-6H3;10-11H,1,6-8H2,2-5H3;11H,3,5-9H2,1-2,4H3;6H,3,5H2,1-2,4H3. The Balaban J connectivity index is 0.000000358. The number of unbranched alkanes of at least 4 members (excludes halogenated alkanes) is 1. The molecule has 7 fully saturated rings. The van der Waals surface area contributed by atoms with Crippen molar-refractivity contribution in [3.63, 3.8) is 0 Å². The van der Waals surface area contributed by atoms with Crippen molar-refractivity contribution in [3.8, 4) is 0 Å². The Hall–Kier alpha value is -4.74. The van der Waals surface area contributed by atoms with E-state index < -0.39 is 0 Å². The van der Waals surface area contributed by atoms with Gasteiger partial charge in [-0.2, -0.15) is 0 Å². The van der Waals surface area contributed by atoms with Gasteiger partial charge in [-0.1, -0.05) is 162 Å². The van der Waals surface area contributed by atoms with Gasteiger partial charge in [-0.3, -0.25) is 0 Å². The number of esters is 6. The summed E-state index contributed by atoms with van der Waals surface area (Å²) < 4.78 is 32.1. The summed E-state index contributed by atoms with van der Waals surface area (Å²) in [6.45, 7) is 63.5. The van der Waals surface area contributed by atoms with Crippen LogP contribution in [0, 0.1) is 74.4 Å². The molecule has 0 spiro atoms. The zero-order valence-electron chi connectivity index (χ0n) is 58.7. The number of carbonyl (C=O) groups is 6. The topological polar surface area (TPSA) is 158 Å². The van der Waals surface area contributed by atoms with Crippen molar-refractivity contribution >= 4 is 35.8 Å². The van der Waals surface area contributed by atoms with E-state index >= 15 is 0 Å². The molecule has 11 atom stereocenters. The Morgan fingerprint density at radius 1 is 0.506 bits per heavy atom. The normalized spacial score (nSPS) is 28.0. The summed E-state index contributed by atoms with van der Waals surface area (Å²) in [6, 6.07) is 0. The molecule has 0 aromatic rings. The van der Waals surface area contributed by atoms with E-state index in [1.807, 2.05) is 13.8 Å². The molecule has 0 heterocycles. The fourth-order valence-corrected chi connectivity index (χ4v) is 14.6. The van der Waals surface area contributed by atoms with Crippen LogP contribution in [0.15, 0.2) is 72.9 Å². The van der Waals surface area contributed by atoms with Crippen molar-refractivity contribution in [1.82, 2.24) is 0 Å². The largest absolute Gasteiger partial charge is 0.462 e. The summed E-state index contributed by atoms with van der Waals surface area (Å²) in [5.41, 5.74) is 4.21. The van der Waals surface area contributed by atoms with Crippen LogP contribution in [0.2, 0.25) is 0 Å². The van der Waals surface area contributed by atoms with Crippen LogP contribution in [0.1, 0.15) is 254 Å². The molecule has 87 heavy (non-hydrogen) atoms. The van der Waals surface area contributed by atoms with Crippen LogP contribution in [0.25, 0.3) is 0 Å². The zero-order valence-corrected chi connectivity index (χ0v) is 58.7. The van der Waals surface area contributed by atoms with Gasteiger partial charge < -0.3 is 28.4 Å². The Labute approximate surface area is 529 Å². The molecule has 7 aliphatic carbocycles. The zero-order chi connectivity index (χ0) is 66.7. The van der Waals surface area contributed by atoms with Crippen LogP contribution in [0.5, 0.6) is 0 Å². The molecule has 0 aromatic carbocycles. The molecule has 0 N–H and O–H groups in total. The third kappa shape index (κ3) is 24.9. The fraction of sp³-hybridized carbons (Fsp3) is 0.760. The van der Waals surface area contributed by atoms with Gasteiger partial charge in [-0.25, -0.2) is 28.8 Å². The summed E-state index contributed by atoms with van der Waals surface area (Å²) in [5, 5.41) is 0. The highest BCUT2D eigenvalue weighted by Gasteiger charge is 2.63. The van der Waals surface area contributed by atoms with Crippen molar-refractivity contribution in [2.45, 2.75) is 278 Å². The van der Waals surface area contributed by atoms with Gasteiger partial charge in [0.05, 0.1) is 13.2 Å². The molecule has 0 amide bonds. The van der Waals surface area contributed by atoms with E-state index in [1.165, 1.54) is 64.2 Å².